The average Bonchev–Trinajstić information content (AvgIpc) is 3.18. The number of aryl methyl sites for hydroxylation is 1. The second kappa shape index (κ2) is 11.2. The van der Waals surface area contributed by atoms with Crippen molar-refractivity contribution in [2.24, 2.45) is 0 Å². The van der Waals surface area contributed by atoms with Gasteiger partial charge in [-0.15, -0.1) is 19.2 Å². The average molecular weight is 477 g/mol. The number of hydrogen-bond acceptors (Lipinski definition) is 2. The van der Waals surface area contributed by atoms with Crippen LogP contribution in [0.25, 0.3) is 22.7 Å². The number of hydrogen-bond donors (Lipinski definition) is 1. The first-order valence-electron chi connectivity index (χ1n) is 11.9. The quantitative estimate of drug-likeness (QED) is 0.184. The predicted molar refractivity (Wildman–Crippen MR) is 157 cm³/mol. The van der Waals surface area contributed by atoms with Gasteiger partial charge in [-0.2, -0.15) is 0 Å². The second-order valence-corrected chi connectivity index (χ2v) is 9.01. The lowest BCUT2D eigenvalue weighted by Gasteiger charge is -2.27. The number of thiol groups is 1. The van der Waals surface area contributed by atoms with Crippen molar-refractivity contribution in [2.75, 3.05) is 4.90 Å². The molecule has 0 spiro atoms. The number of aromatic nitrogens is 1. The topological polar surface area (TPSA) is 8.17 Å². The normalized spacial score (nSPS) is 13.2. The number of anilines is 1. The molecular formula is C32H32N2S. The molecule has 0 fully saturated rings. The van der Waals surface area contributed by atoms with Crippen molar-refractivity contribution in [1.29, 1.82) is 0 Å². The van der Waals surface area contributed by atoms with Gasteiger partial charge in [-0.3, -0.25) is 0 Å². The number of rotatable bonds is 9. The van der Waals surface area contributed by atoms with Gasteiger partial charge in [0, 0.05) is 38.7 Å². The predicted octanol–water partition coefficient (Wildman–Crippen LogP) is 8.98. The molecule has 1 aromatic heterocycles. The van der Waals surface area contributed by atoms with E-state index in [1.165, 1.54) is 22.2 Å². The maximum Gasteiger partial charge on any atom is 0.0537 e. The number of benzene rings is 2. The highest BCUT2D eigenvalue weighted by Crippen LogP contribution is 2.36. The minimum Gasteiger partial charge on any atom is -0.312 e. The number of allylic oxidation sites excluding steroid dienone is 8. The number of fused-ring (bicyclic) bond motifs is 3. The number of nitrogens with zero attached hydrogens (tertiary/aromatic N) is 2. The summed E-state index contributed by atoms with van der Waals surface area (Å²) in [5.74, 6) is 0. The third kappa shape index (κ3) is 5.21. The summed E-state index contributed by atoms with van der Waals surface area (Å²) in [6.07, 6.45) is 21.4. The standard InChI is InChI=1S/C32H32N2S/c1-5-7-8-9-10-16-25(4)33(24(3)15-6-2)26-21-27(23-28(35)22-26)34-31-19-13-11-17-29(31)30-18-12-14-20-32(30)34/h5-6,8-11,13-17,19-23,35H,1,3-4,7,12,18H2,2H3/b9-8-,15-6-,16-10-. The van der Waals surface area contributed by atoms with Crippen molar-refractivity contribution in [1.82, 2.24) is 4.57 Å². The highest BCUT2D eigenvalue weighted by Gasteiger charge is 2.20. The van der Waals surface area contributed by atoms with Crippen LogP contribution in [0.1, 0.15) is 31.0 Å². The highest BCUT2D eigenvalue weighted by molar-refractivity contribution is 7.80. The van der Waals surface area contributed by atoms with Crippen LogP contribution in [-0.4, -0.2) is 4.57 Å². The lowest BCUT2D eigenvalue weighted by atomic mass is 10.0. The highest BCUT2D eigenvalue weighted by atomic mass is 32.1. The van der Waals surface area contributed by atoms with Gasteiger partial charge < -0.3 is 9.47 Å². The van der Waals surface area contributed by atoms with E-state index >= 15 is 0 Å². The molecule has 0 atom stereocenters. The molecule has 1 heterocycles. The molecule has 1 aliphatic rings. The van der Waals surface area contributed by atoms with E-state index in [9.17, 15) is 0 Å². The van der Waals surface area contributed by atoms with Gasteiger partial charge >= 0.3 is 0 Å². The van der Waals surface area contributed by atoms with Crippen molar-refractivity contribution < 1.29 is 0 Å². The Morgan fingerprint density at radius 1 is 1.09 bits per heavy atom. The summed E-state index contributed by atoms with van der Waals surface area (Å²) in [4.78, 5) is 2.94. The van der Waals surface area contributed by atoms with Crippen LogP contribution in [0.3, 0.4) is 0 Å². The fourth-order valence-corrected chi connectivity index (χ4v) is 4.85. The first kappa shape index (κ1) is 24.4. The van der Waals surface area contributed by atoms with Gasteiger partial charge in [0.15, 0.2) is 0 Å². The maximum atomic E-state index is 4.79. The van der Waals surface area contributed by atoms with E-state index in [1.54, 1.807) is 0 Å². The molecule has 0 radical (unpaired) electrons. The van der Waals surface area contributed by atoms with Crippen molar-refractivity contribution in [3.05, 3.63) is 133 Å². The minimum absolute atomic E-state index is 0.820. The lowest BCUT2D eigenvalue weighted by molar-refractivity contribution is 0.965. The molecule has 1 aliphatic carbocycles. The Balaban J connectivity index is 1.84. The van der Waals surface area contributed by atoms with E-state index in [0.29, 0.717) is 0 Å². The Morgan fingerprint density at radius 3 is 2.69 bits per heavy atom. The zero-order valence-corrected chi connectivity index (χ0v) is 21.2. The van der Waals surface area contributed by atoms with Gasteiger partial charge in [0.2, 0.25) is 0 Å². The van der Waals surface area contributed by atoms with Crippen LogP contribution in [0, 0.1) is 0 Å². The summed E-state index contributed by atoms with van der Waals surface area (Å²) in [6, 6.07) is 15.0. The molecule has 0 bridgehead atoms. The third-order valence-corrected chi connectivity index (χ3v) is 6.29. The summed E-state index contributed by atoms with van der Waals surface area (Å²) < 4.78 is 2.34. The van der Waals surface area contributed by atoms with Gasteiger partial charge in [0.05, 0.1) is 5.52 Å². The van der Waals surface area contributed by atoms with E-state index in [1.807, 2.05) is 43.4 Å². The Bertz CT molecular complexity index is 1390. The zero-order valence-electron chi connectivity index (χ0n) is 20.3. The van der Waals surface area contributed by atoms with Crippen molar-refractivity contribution in [3.8, 4) is 5.69 Å². The fourth-order valence-electron chi connectivity index (χ4n) is 4.58. The molecule has 0 N–H and O–H groups in total. The van der Waals surface area contributed by atoms with Crippen LogP contribution in [0.2, 0.25) is 0 Å². The van der Waals surface area contributed by atoms with Crippen LogP contribution < -0.4 is 4.90 Å². The molecule has 0 saturated carbocycles. The van der Waals surface area contributed by atoms with Gasteiger partial charge in [0.25, 0.3) is 0 Å². The Hall–Kier alpha value is -3.69. The van der Waals surface area contributed by atoms with Crippen molar-refractivity contribution in [2.45, 2.75) is 31.1 Å². The summed E-state index contributed by atoms with van der Waals surface area (Å²) in [5.41, 5.74) is 7.54. The van der Waals surface area contributed by atoms with Gasteiger partial charge in [-0.25, -0.2) is 0 Å². The summed E-state index contributed by atoms with van der Waals surface area (Å²) >= 11 is 4.79. The Kier molecular flexibility index (Phi) is 7.79. The van der Waals surface area contributed by atoms with Gasteiger partial charge in [0.1, 0.15) is 0 Å². The molecule has 4 rings (SSSR count). The van der Waals surface area contributed by atoms with Crippen molar-refractivity contribution in [3.63, 3.8) is 0 Å². The SMILES string of the molecule is C=CC/C=C\C=C/C(=C)N(C(=C)/C=C\C)c1cc(S)cc(-n2c3c(c4ccccc42)CCC=C3)c1. The molecule has 2 nitrogen and oxygen atoms in total. The second-order valence-electron chi connectivity index (χ2n) is 8.49. The first-order chi connectivity index (χ1) is 17.0. The molecule has 2 aromatic carbocycles. The summed E-state index contributed by atoms with van der Waals surface area (Å²) in [7, 11) is 0. The van der Waals surface area contributed by atoms with Crippen LogP contribution in [0.15, 0.2) is 127 Å². The lowest BCUT2D eigenvalue weighted by Crippen LogP contribution is -2.19. The maximum absolute atomic E-state index is 4.79. The smallest absolute Gasteiger partial charge is 0.0537 e. The van der Waals surface area contributed by atoms with Crippen LogP contribution >= 0.6 is 12.6 Å². The van der Waals surface area contributed by atoms with Gasteiger partial charge in [-0.05, 0) is 74.2 Å². The largest absolute Gasteiger partial charge is 0.312 e. The molecule has 0 unspecified atom stereocenters. The molecule has 3 heteroatoms. The fraction of sp³-hybridized carbons (Fsp3) is 0.125. The van der Waals surface area contributed by atoms with E-state index in [2.05, 4.69) is 89.9 Å². The van der Waals surface area contributed by atoms with Crippen molar-refractivity contribution >= 4 is 35.3 Å². The van der Waals surface area contributed by atoms with E-state index in [-0.39, 0.29) is 0 Å². The van der Waals surface area contributed by atoms with Gasteiger partial charge in [-0.1, -0.05) is 67.8 Å². The molecule has 3 aromatic rings. The zero-order chi connectivity index (χ0) is 24.8. The van der Waals surface area contributed by atoms with E-state index in [4.69, 9.17) is 12.6 Å². The molecule has 0 amide bonds. The summed E-state index contributed by atoms with van der Waals surface area (Å²) in [6.45, 7) is 14.4. The first-order valence-corrected chi connectivity index (χ1v) is 12.4. The Morgan fingerprint density at radius 2 is 1.89 bits per heavy atom. The van der Waals surface area contributed by atoms with Crippen LogP contribution in [-0.2, 0) is 6.42 Å². The third-order valence-electron chi connectivity index (χ3n) is 6.03. The molecular weight excluding hydrogens is 444 g/mol. The van der Waals surface area contributed by atoms with E-state index in [0.717, 1.165) is 46.9 Å². The monoisotopic (exact) mass is 476 g/mol. The molecule has 0 saturated heterocycles. The number of para-hydroxylation sites is 1. The Labute approximate surface area is 214 Å². The summed E-state index contributed by atoms with van der Waals surface area (Å²) in [5, 5.41) is 1.31. The molecule has 176 valence electrons. The van der Waals surface area contributed by atoms with Crippen LogP contribution in [0.5, 0.6) is 0 Å². The molecule has 35 heavy (non-hydrogen) atoms. The van der Waals surface area contributed by atoms with E-state index < -0.39 is 0 Å². The minimum atomic E-state index is 0.820. The molecule has 0 aliphatic heterocycles. The van der Waals surface area contributed by atoms with Crippen LogP contribution in [0.4, 0.5) is 5.69 Å².